The van der Waals surface area contributed by atoms with Crippen LogP contribution in [0.3, 0.4) is 0 Å². The van der Waals surface area contributed by atoms with E-state index in [1.54, 1.807) is 37.1 Å². The summed E-state index contributed by atoms with van der Waals surface area (Å²) in [7, 11) is 1.66. The van der Waals surface area contributed by atoms with Crippen LogP contribution in [0.2, 0.25) is 0 Å². The van der Waals surface area contributed by atoms with Crippen LogP contribution in [0, 0.1) is 6.92 Å². The number of piperazine rings is 1. The second-order valence-corrected chi connectivity index (χ2v) is 7.58. The highest BCUT2D eigenvalue weighted by atomic mass is 16.5. The van der Waals surface area contributed by atoms with Gasteiger partial charge in [0.25, 0.3) is 0 Å². The molecule has 0 spiro atoms. The van der Waals surface area contributed by atoms with Gasteiger partial charge in [-0.1, -0.05) is 48.8 Å². The van der Waals surface area contributed by atoms with E-state index >= 15 is 0 Å². The first kappa shape index (κ1) is 21.5. The van der Waals surface area contributed by atoms with E-state index in [-0.39, 0.29) is 12.5 Å². The Hall–Kier alpha value is -3.16. The average Bonchev–Trinajstić information content (AvgIpc) is 3.16. The van der Waals surface area contributed by atoms with E-state index in [1.165, 1.54) is 9.80 Å². The van der Waals surface area contributed by atoms with Gasteiger partial charge in [0.15, 0.2) is 0 Å². The maximum absolute atomic E-state index is 13.4. The Morgan fingerprint density at radius 1 is 1.20 bits per heavy atom. The van der Waals surface area contributed by atoms with Gasteiger partial charge in [-0.15, -0.1) is 0 Å². The molecule has 160 valence electrons. The number of hydrogen-bond acceptors (Lipinski definition) is 5. The molecule has 1 aromatic carbocycles. The lowest BCUT2D eigenvalue weighted by Crippen LogP contribution is -2.57. The van der Waals surface area contributed by atoms with Gasteiger partial charge in [-0.3, -0.25) is 14.4 Å². The van der Waals surface area contributed by atoms with Crippen molar-refractivity contribution in [2.45, 2.75) is 39.3 Å². The van der Waals surface area contributed by atoms with Gasteiger partial charge in [-0.2, -0.15) is 0 Å². The lowest BCUT2D eigenvalue weighted by molar-refractivity contribution is -0.161. The van der Waals surface area contributed by atoms with Gasteiger partial charge >= 0.3 is 11.8 Å². The lowest BCUT2D eigenvalue weighted by atomic mass is 10.0. The second-order valence-electron chi connectivity index (χ2n) is 7.58. The van der Waals surface area contributed by atoms with Crippen molar-refractivity contribution in [2.75, 3.05) is 26.7 Å². The molecule has 1 aromatic heterocycles. The first-order valence-corrected chi connectivity index (χ1v) is 10.2. The molecule has 1 fully saturated rings. The maximum Gasteiger partial charge on any atom is 0.313 e. The third-order valence-electron chi connectivity index (χ3n) is 5.24. The molecule has 2 heterocycles. The summed E-state index contributed by atoms with van der Waals surface area (Å²) in [5.41, 5.74) is 1.30. The molecule has 0 N–H and O–H groups in total. The molecule has 0 bridgehead atoms. The highest BCUT2D eigenvalue weighted by Crippen LogP contribution is 2.26. The maximum atomic E-state index is 13.4. The molecular weight excluding hydrogens is 384 g/mol. The SMILES string of the molecule is CCCCN1CCN([C@@H](C(=O)N(C)Cc2cc(C)on2)c2ccccc2)C(=O)C1=O. The molecule has 1 aliphatic rings. The fourth-order valence-corrected chi connectivity index (χ4v) is 3.61. The van der Waals surface area contributed by atoms with E-state index < -0.39 is 17.9 Å². The Kier molecular flexibility index (Phi) is 6.87. The van der Waals surface area contributed by atoms with E-state index in [4.69, 9.17) is 4.52 Å². The normalized spacial score (nSPS) is 15.4. The Balaban J connectivity index is 1.83. The predicted molar refractivity (Wildman–Crippen MR) is 110 cm³/mol. The molecular formula is C22H28N4O4. The van der Waals surface area contributed by atoms with Gasteiger partial charge in [0.2, 0.25) is 5.91 Å². The first-order valence-electron chi connectivity index (χ1n) is 10.2. The van der Waals surface area contributed by atoms with E-state index in [0.717, 1.165) is 12.8 Å². The van der Waals surface area contributed by atoms with Crippen molar-refractivity contribution in [3.8, 4) is 0 Å². The minimum atomic E-state index is -0.867. The van der Waals surface area contributed by atoms with Gasteiger partial charge in [-0.05, 0) is 18.9 Å². The summed E-state index contributed by atoms with van der Waals surface area (Å²) in [6, 6.07) is 10.00. The summed E-state index contributed by atoms with van der Waals surface area (Å²) in [6.07, 6.45) is 1.79. The highest BCUT2D eigenvalue weighted by Gasteiger charge is 2.40. The number of hydrogen-bond donors (Lipinski definition) is 0. The zero-order chi connectivity index (χ0) is 21.7. The average molecular weight is 412 g/mol. The number of carbonyl (C=O) groups excluding carboxylic acids is 3. The van der Waals surface area contributed by atoms with Crippen LogP contribution in [-0.4, -0.2) is 64.3 Å². The van der Waals surface area contributed by atoms with Crippen LogP contribution in [0.25, 0.3) is 0 Å². The first-order chi connectivity index (χ1) is 14.4. The van der Waals surface area contributed by atoms with Crippen molar-refractivity contribution in [2.24, 2.45) is 0 Å². The number of carbonyl (C=O) groups is 3. The molecule has 30 heavy (non-hydrogen) atoms. The van der Waals surface area contributed by atoms with Gasteiger partial charge in [0, 0.05) is 32.7 Å². The van der Waals surface area contributed by atoms with E-state index in [9.17, 15) is 14.4 Å². The molecule has 2 aromatic rings. The number of benzene rings is 1. The summed E-state index contributed by atoms with van der Waals surface area (Å²) in [4.78, 5) is 43.5. The van der Waals surface area contributed by atoms with Crippen LogP contribution in [0.5, 0.6) is 0 Å². The number of nitrogens with zero attached hydrogens (tertiary/aromatic N) is 4. The van der Waals surface area contributed by atoms with Crippen LogP contribution < -0.4 is 0 Å². The standard InChI is InChI=1S/C22H28N4O4/c1-4-5-11-25-12-13-26(22(29)21(25)28)19(17-9-7-6-8-10-17)20(27)24(3)15-18-14-16(2)30-23-18/h6-10,14,19H,4-5,11-13,15H2,1-3H3/t19-/m1/s1. The zero-order valence-corrected chi connectivity index (χ0v) is 17.7. The molecule has 0 unspecified atom stereocenters. The molecule has 3 amide bonds. The zero-order valence-electron chi connectivity index (χ0n) is 17.7. The smallest absolute Gasteiger partial charge is 0.313 e. The van der Waals surface area contributed by atoms with Crippen LogP contribution >= 0.6 is 0 Å². The third-order valence-corrected chi connectivity index (χ3v) is 5.24. The van der Waals surface area contributed by atoms with Crippen molar-refractivity contribution in [3.63, 3.8) is 0 Å². The summed E-state index contributed by atoms with van der Waals surface area (Å²) >= 11 is 0. The number of likely N-dealkylation sites (N-methyl/N-ethyl adjacent to an activating group) is 1. The van der Waals surface area contributed by atoms with Gasteiger partial charge in [0.1, 0.15) is 17.5 Å². The number of amides is 3. The Bertz CT molecular complexity index is 896. The van der Waals surface area contributed by atoms with Crippen molar-refractivity contribution in [3.05, 3.63) is 53.4 Å². The largest absolute Gasteiger partial charge is 0.361 e. The van der Waals surface area contributed by atoms with Gasteiger partial charge in [-0.25, -0.2) is 0 Å². The molecule has 0 aliphatic carbocycles. The predicted octanol–water partition coefficient (Wildman–Crippen LogP) is 2.15. The molecule has 8 nitrogen and oxygen atoms in total. The molecule has 0 saturated carbocycles. The quantitative estimate of drug-likeness (QED) is 0.620. The molecule has 3 rings (SSSR count). The van der Waals surface area contributed by atoms with E-state index in [0.29, 0.717) is 36.7 Å². The van der Waals surface area contributed by atoms with Crippen molar-refractivity contribution < 1.29 is 18.9 Å². The third kappa shape index (κ3) is 4.69. The lowest BCUT2D eigenvalue weighted by Gasteiger charge is -2.39. The Morgan fingerprint density at radius 2 is 1.93 bits per heavy atom. The molecule has 1 saturated heterocycles. The highest BCUT2D eigenvalue weighted by molar-refractivity contribution is 6.35. The molecule has 1 aliphatic heterocycles. The van der Waals surface area contributed by atoms with E-state index in [2.05, 4.69) is 5.16 Å². The second kappa shape index (κ2) is 9.56. The van der Waals surface area contributed by atoms with Crippen molar-refractivity contribution >= 4 is 17.7 Å². The van der Waals surface area contributed by atoms with Crippen molar-refractivity contribution in [1.29, 1.82) is 0 Å². The minimum Gasteiger partial charge on any atom is -0.361 e. The Labute approximate surface area is 176 Å². The fraction of sp³-hybridized carbons (Fsp3) is 0.455. The Morgan fingerprint density at radius 3 is 2.57 bits per heavy atom. The molecule has 8 heteroatoms. The number of aromatic nitrogens is 1. The number of aryl methyl sites for hydroxylation is 1. The van der Waals surface area contributed by atoms with Crippen molar-refractivity contribution in [1.82, 2.24) is 19.9 Å². The summed E-state index contributed by atoms with van der Waals surface area (Å²) in [6.45, 7) is 5.37. The number of rotatable bonds is 8. The topological polar surface area (TPSA) is 87.0 Å². The summed E-state index contributed by atoms with van der Waals surface area (Å²) in [5.74, 6) is -0.789. The number of unbranched alkanes of at least 4 members (excludes halogenated alkanes) is 1. The minimum absolute atomic E-state index is 0.248. The monoisotopic (exact) mass is 412 g/mol. The van der Waals surface area contributed by atoms with Crippen LogP contribution in [-0.2, 0) is 20.9 Å². The fourth-order valence-electron chi connectivity index (χ4n) is 3.61. The van der Waals surface area contributed by atoms with Crippen LogP contribution in [0.4, 0.5) is 0 Å². The summed E-state index contributed by atoms with van der Waals surface area (Å²) < 4.78 is 5.08. The van der Waals surface area contributed by atoms with Crippen LogP contribution in [0.15, 0.2) is 40.9 Å². The van der Waals surface area contributed by atoms with Crippen LogP contribution in [0.1, 0.15) is 42.8 Å². The van der Waals surface area contributed by atoms with E-state index in [1.807, 2.05) is 25.1 Å². The molecule has 1 atom stereocenters. The summed E-state index contributed by atoms with van der Waals surface area (Å²) in [5, 5.41) is 3.94. The van der Waals surface area contributed by atoms with Gasteiger partial charge < -0.3 is 19.2 Å². The molecule has 0 radical (unpaired) electrons. The van der Waals surface area contributed by atoms with Gasteiger partial charge in [0.05, 0.1) is 6.54 Å².